The zero-order valence-electron chi connectivity index (χ0n) is 13.0. The van der Waals surface area contributed by atoms with Crippen molar-refractivity contribution in [3.8, 4) is 5.75 Å². The second-order valence-electron chi connectivity index (χ2n) is 6.63. The smallest absolute Gasteiger partial charge is 0.344 e. The molecule has 0 radical (unpaired) electrons. The molecule has 0 bridgehead atoms. The Morgan fingerprint density at radius 1 is 1.36 bits per heavy atom. The summed E-state index contributed by atoms with van der Waals surface area (Å²) in [6.07, 6.45) is 4.56. The molecule has 0 heterocycles. The van der Waals surface area contributed by atoms with Crippen molar-refractivity contribution in [3.05, 3.63) is 29.1 Å². The molecule has 0 spiro atoms. The number of rotatable bonds is 4. The molecule has 0 aromatic heterocycles. The van der Waals surface area contributed by atoms with Gasteiger partial charge in [-0.2, -0.15) is 0 Å². The van der Waals surface area contributed by atoms with Gasteiger partial charge < -0.3 is 15.2 Å². The highest BCUT2D eigenvalue weighted by Gasteiger charge is 2.41. The van der Waals surface area contributed by atoms with E-state index in [9.17, 15) is 9.18 Å². The lowest BCUT2D eigenvalue weighted by Crippen LogP contribution is -2.34. The fraction of sp³-hybridized carbons (Fsp3) is 0.588. The minimum atomic E-state index is -0.716. The number of halogens is 1. The van der Waals surface area contributed by atoms with Gasteiger partial charge in [-0.15, -0.1) is 0 Å². The molecule has 2 saturated carbocycles. The van der Waals surface area contributed by atoms with Crippen LogP contribution in [0.1, 0.15) is 54.9 Å². The molecule has 3 rings (SSSR count). The van der Waals surface area contributed by atoms with Gasteiger partial charge in [0.25, 0.3) is 0 Å². The number of hydrogen-bond donors (Lipinski definition) is 1. The number of benzene rings is 1. The molecular weight excluding hydrogens is 285 g/mol. The predicted octanol–water partition coefficient (Wildman–Crippen LogP) is 2.92. The fourth-order valence-electron chi connectivity index (χ4n) is 3.06. The fourth-order valence-corrected chi connectivity index (χ4v) is 3.06. The first-order chi connectivity index (χ1) is 10.4. The molecule has 0 amide bonds. The maximum absolute atomic E-state index is 14.5. The summed E-state index contributed by atoms with van der Waals surface area (Å²) in [6.45, 7) is 2.09. The molecule has 4 nitrogen and oxygen atoms in total. The molecule has 0 saturated heterocycles. The quantitative estimate of drug-likeness (QED) is 0.869. The van der Waals surface area contributed by atoms with E-state index in [0.29, 0.717) is 0 Å². The van der Waals surface area contributed by atoms with E-state index in [1.807, 2.05) is 0 Å². The van der Waals surface area contributed by atoms with Crippen molar-refractivity contribution in [2.24, 2.45) is 5.73 Å². The molecule has 2 aliphatic carbocycles. The normalized spacial score (nSPS) is 25.8. The Bertz CT molecular complexity index is 598. The first-order valence-electron chi connectivity index (χ1n) is 7.79. The summed E-state index contributed by atoms with van der Waals surface area (Å²) < 4.78 is 25.1. The third kappa shape index (κ3) is 2.70. The zero-order chi connectivity index (χ0) is 15.9. The lowest BCUT2D eigenvalue weighted by molar-refractivity contribution is 0.0586. The number of carbonyl (C=O) groups is 1. The Kier molecular flexibility index (Phi) is 3.85. The summed E-state index contributed by atoms with van der Waals surface area (Å²) in [5, 5.41) is 0. The van der Waals surface area contributed by atoms with Gasteiger partial charge in [-0.1, -0.05) is 6.92 Å². The minimum absolute atomic E-state index is 0.00854. The summed E-state index contributed by atoms with van der Waals surface area (Å²) >= 11 is 0. The Morgan fingerprint density at radius 3 is 2.64 bits per heavy atom. The zero-order valence-corrected chi connectivity index (χ0v) is 13.0. The summed E-state index contributed by atoms with van der Waals surface area (Å²) in [4.78, 5) is 11.9. The largest absolute Gasteiger partial charge is 0.488 e. The van der Waals surface area contributed by atoms with E-state index in [0.717, 1.165) is 37.7 Å². The van der Waals surface area contributed by atoms with Crippen molar-refractivity contribution in [3.63, 3.8) is 0 Å². The van der Waals surface area contributed by atoms with Crippen LogP contribution in [-0.2, 0) is 10.2 Å². The molecule has 2 fully saturated rings. The Labute approximate surface area is 129 Å². The van der Waals surface area contributed by atoms with Crippen molar-refractivity contribution in [2.75, 3.05) is 7.11 Å². The van der Waals surface area contributed by atoms with Crippen molar-refractivity contribution in [1.29, 1.82) is 0 Å². The SMILES string of the molecule is COC(=O)c1c(F)cc(C2(C)CC2)cc1O[C@@H]1CCC[C@H]1N. The number of nitrogens with two attached hydrogens (primary N) is 1. The van der Waals surface area contributed by atoms with Gasteiger partial charge in [-0.3, -0.25) is 0 Å². The van der Waals surface area contributed by atoms with Gasteiger partial charge in [-0.05, 0) is 55.2 Å². The van der Waals surface area contributed by atoms with Crippen molar-refractivity contribution < 1.29 is 18.7 Å². The van der Waals surface area contributed by atoms with E-state index >= 15 is 0 Å². The summed E-state index contributed by atoms with van der Waals surface area (Å²) in [7, 11) is 1.24. The van der Waals surface area contributed by atoms with Crippen LogP contribution in [0.4, 0.5) is 4.39 Å². The number of esters is 1. The van der Waals surface area contributed by atoms with Crippen molar-refractivity contribution >= 4 is 5.97 Å². The van der Waals surface area contributed by atoms with Gasteiger partial charge in [0.05, 0.1) is 7.11 Å². The van der Waals surface area contributed by atoms with Crippen LogP contribution in [0.3, 0.4) is 0 Å². The minimum Gasteiger partial charge on any atom is -0.488 e. The third-order valence-corrected chi connectivity index (χ3v) is 4.92. The van der Waals surface area contributed by atoms with Crippen LogP contribution in [0.25, 0.3) is 0 Å². The Morgan fingerprint density at radius 2 is 2.09 bits per heavy atom. The molecule has 2 aliphatic rings. The number of hydrogen-bond acceptors (Lipinski definition) is 4. The molecule has 5 heteroatoms. The lowest BCUT2D eigenvalue weighted by atomic mass is 9.96. The second kappa shape index (κ2) is 5.54. The van der Waals surface area contributed by atoms with E-state index in [-0.39, 0.29) is 28.9 Å². The standard InChI is InChI=1S/C17H22FNO3/c1-17(6-7-17)10-8-11(18)15(16(20)21-2)14(9-10)22-13-5-3-4-12(13)19/h8-9,12-13H,3-7,19H2,1-2H3/t12-,13-/m1/s1. The van der Waals surface area contributed by atoms with E-state index in [1.54, 1.807) is 6.07 Å². The predicted molar refractivity (Wildman–Crippen MR) is 80.6 cm³/mol. The Hall–Kier alpha value is -1.62. The molecule has 1 aromatic carbocycles. The molecule has 22 heavy (non-hydrogen) atoms. The van der Waals surface area contributed by atoms with Crippen LogP contribution in [0, 0.1) is 5.82 Å². The highest BCUT2D eigenvalue weighted by atomic mass is 19.1. The molecule has 1 aromatic rings. The topological polar surface area (TPSA) is 61.5 Å². The molecule has 0 aliphatic heterocycles. The number of carbonyl (C=O) groups excluding carboxylic acids is 1. The van der Waals surface area contributed by atoms with Gasteiger partial charge in [0, 0.05) is 6.04 Å². The monoisotopic (exact) mass is 307 g/mol. The van der Waals surface area contributed by atoms with Gasteiger partial charge >= 0.3 is 5.97 Å². The first-order valence-corrected chi connectivity index (χ1v) is 7.79. The summed E-state index contributed by atoms with van der Waals surface area (Å²) in [6, 6.07) is 3.14. The third-order valence-electron chi connectivity index (χ3n) is 4.92. The van der Waals surface area contributed by atoms with E-state index in [4.69, 9.17) is 15.2 Å². The van der Waals surface area contributed by atoms with Crippen LogP contribution >= 0.6 is 0 Å². The average molecular weight is 307 g/mol. The highest BCUT2D eigenvalue weighted by molar-refractivity contribution is 5.93. The van der Waals surface area contributed by atoms with Crippen LogP contribution in [0.15, 0.2) is 12.1 Å². The van der Waals surface area contributed by atoms with E-state index in [2.05, 4.69) is 6.92 Å². The molecular formula is C17H22FNO3. The van der Waals surface area contributed by atoms with Crippen LogP contribution in [0.5, 0.6) is 5.75 Å². The maximum atomic E-state index is 14.5. The lowest BCUT2D eigenvalue weighted by Gasteiger charge is -2.21. The second-order valence-corrected chi connectivity index (χ2v) is 6.63. The molecule has 2 atom stereocenters. The summed E-state index contributed by atoms with van der Waals surface area (Å²) in [5.74, 6) is -1.04. The van der Waals surface area contributed by atoms with E-state index in [1.165, 1.54) is 13.2 Å². The summed E-state index contributed by atoms with van der Waals surface area (Å²) in [5.41, 5.74) is 6.76. The van der Waals surface area contributed by atoms with Gasteiger partial charge in [0.15, 0.2) is 0 Å². The van der Waals surface area contributed by atoms with Crippen molar-refractivity contribution in [1.82, 2.24) is 0 Å². The maximum Gasteiger partial charge on any atom is 0.344 e. The molecule has 120 valence electrons. The van der Waals surface area contributed by atoms with Crippen LogP contribution in [0.2, 0.25) is 0 Å². The van der Waals surface area contributed by atoms with Crippen molar-refractivity contribution in [2.45, 2.75) is 56.6 Å². The molecule has 0 unspecified atom stereocenters. The molecule has 2 N–H and O–H groups in total. The van der Waals surface area contributed by atoms with Crippen LogP contribution in [-0.4, -0.2) is 25.2 Å². The van der Waals surface area contributed by atoms with E-state index < -0.39 is 11.8 Å². The van der Waals surface area contributed by atoms with Crippen LogP contribution < -0.4 is 10.5 Å². The number of ether oxygens (including phenoxy) is 2. The van der Waals surface area contributed by atoms with Gasteiger partial charge in [0.2, 0.25) is 0 Å². The first kappa shape index (κ1) is 15.3. The van der Waals surface area contributed by atoms with Gasteiger partial charge in [0.1, 0.15) is 23.2 Å². The highest BCUT2D eigenvalue weighted by Crippen LogP contribution is 2.49. The van der Waals surface area contributed by atoms with Gasteiger partial charge in [-0.25, -0.2) is 9.18 Å². The Balaban J connectivity index is 1.99. The average Bonchev–Trinajstić information content (AvgIpc) is 3.12. The number of methoxy groups -OCH3 is 1.